The topological polar surface area (TPSA) is 313 Å². The Morgan fingerprint density at radius 1 is 0.803 bits per heavy atom. The Labute approximate surface area is 407 Å². The molecule has 368 valence electrons. The zero-order valence-electron chi connectivity index (χ0n) is 37.8. The van der Waals surface area contributed by atoms with Crippen LogP contribution in [0, 0.1) is 42.2 Å². The van der Waals surface area contributed by atoms with Gasteiger partial charge in [0.25, 0.3) is 17.1 Å². The molecule has 4 N–H and O–H groups in total. The van der Waals surface area contributed by atoms with Crippen molar-refractivity contribution in [2.24, 2.45) is 21.8 Å². The van der Waals surface area contributed by atoms with Gasteiger partial charge >= 0.3 is 18.2 Å². The van der Waals surface area contributed by atoms with Crippen molar-refractivity contribution in [3.8, 4) is 0 Å². The molecule has 71 heavy (non-hydrogen) atoms. The van der Waals surface area contributed by atoms with Gasteiger partial charge in [-0.05, 0) is 77.2 Å². The summed E-state index contributed by atoms with van der Waals surface area (Å²) in [5, 5.41) is 51.7. The molecular formula is C46H44N10O14S. The predicted molar refractivity (Wildman–Crippen MR) is 253 cm³/mol. The Morgan fingerprint density at radius 2 is 1.30 bits per heavy atom. The van der Waals surface area contributed by atoms with Crippen LogP contribution in [0.3, 0.4) is 0 Å². The lowest BCUT2D eigenvalue weighted by Crippen LogP contribution is -2.63. The number of esters is 1. The number of guanidine groups is 2. The van der Waals surface area contributed by atoms with Crippen molar-refractivity contribution >= 4 is 70.5 Å². The van der Waals surface area contributed by atoms with Crippen molar-refractivity contribution < 1.29 is 53.3 Å². The standard InChI is InChI=1S/C46H44N10O14S/c1-25-38-37(26(2)57)41(58)53(38)39(42(59)68-22-27-4-11-32(12-5-27)54(62)63)40(25)71-35-20-52(21-35)44-48-19-31-10-3-30(17-36(31)49-44)18-47-43(50-45(60)69-23-28-6-13-33(14-7-28)55(64)65)51-46(61)70-24-29-8-15-34(16-9-29)56(66)67/h3-17,25-26,35,37-38,57H,18-24H2,1-2H3,(H,48,49)(H2,47,50,51,60,61)/t25-,26-,37-,38-/m1/s1. The van der Waals surface area contributed by atoms with E-state index < -0.39 is 51.0 Å². The number of nitro benzene ring substituents is 3. The number of hydrogen-bond acceptors (Lipinski definition) is 19. The number of likely N-dealkylation sites (tertiary alicyclic amines) is 1. The summed E-state index contributed by atoms with van der Waals surface area (Å²) in [7, 11) is 0. The minimum Gasteiger partial charge on any atom is -0.456 e. The Balaban J connectivity index is 0.899. The number of aliphatic hydroxyl groups excluding tert-OH is 1. The van der Waals surface area contributed by atoms with Crippen LogP contribution in [-0.2, 0) is 56.7 Å². The number of aliphatic hydroxyl groups is 1. The summed E-state index contributed by atoms with van der Waals surface area (Å²) in [6.45, 7) is 4.17. The second-order valence-electron chi connectivity index (χ2n) is 16.8. The highest BCUT2D eigenvalue weighted by Gasteiger charge is 2.60. The van der Waals surface area contributed by atoms with Crippen LogP contribution < -0.4 is 16.0 Å². The Morgan fingerprint density at radius 3 is 1.79 bits per heavy atom. The molecule has 0 unspecified atom stereocenters. The molecule has 25 heteroatoms. The minimum atomic E-state index is -1.01. The molecule has 0 radical (unpaired) electrons. The monoisotopic (exact) mass is 992 g/mol. The molecule has 0 aromatic heterocycles. The number of ether oxygens (including phenoxy) is 3. The average molecular weight is 993 g/mol. The average Bonchev–Trinajstić information content (AvgIpc) is 3.58. The summed E-state index contributed by atoms with van der Waals surface area (Å²) < 4.78 is 16.2. The number of rotatable bonds is 15. The van der Waals surface area contributed by atoms with Crippen molar-refractivity contribution in [2.75, 3.05) is 18.4 Å². The van der Waals surface area contributed by atoms with Gasteiger partial charge in [-0.1, -0.05) is 19.1 Å². The first-order valence-corrected chi connectivity index (χ1v) is 22.8. The number of hydrogen-bond donors (Lipinski definition) is 4. The molecule has 24 nitrogen and oxygen atoms in total. The molecular weight excluding hydrogens is 949 g/mol. The number of nitrogens with one attached hydrogen (secondary N) is 3. The lowest BCUT2D eigenvalue weighted by atomic mass is 9.79. The van der Waals surface area contributed by atoms with Crippen molar-refractivity contribution in [2.45, 2.75) is 64.2 Å². The number of non-ortho nitro benzene ring substituents is 3. The van der Waals surface area contributed by atoms with Crippen LogP contribution in [0.1, 0.15) is 41.7 Å². The minimum absolute atomic E-state index is 0.00429. The van der Waals surface area contributed by atoms with Crippen LogP contribution in [0.15, 0.2) is 112 Å². The van der Waals surface area contributed by atoms with E-state index >= 15 is 0 Å². The van der Waals surface area contributed by atoms with Crippen molar-refractivity contribution in [3.63, 3.8) is 0 Å². The lowest BCUT2D eigenvalue weighted by Gasteiger charge is -2.46. The molecule has 4 aromatic rings. The molecule has 4 heterocycles. The molecule has 4 aliphatic heterocycles. The quantitative estimate of drug-likeness (QED) is 0.0213. The number of thioether (sulfide) groups is 1. The second-order valence-corrected chi connectivity index (χ2v) is 18.1. The number of alkyl carbamates (subject to hydrolysis) is 2. The largest absolute Gasteiger partial charge is 0.456 e. The van der Waals surface area contributed by atoms with Gasteiger partial charge in [0.15, 0.2) is 5.96 Å². The van der Waals surface area contributed by atoms with Crippen LogP contribution in [0.2, 0.25) is 0 Å². The highest BCUT2D eigenvalue weighted by atomic mass is 32.2. The SMILES string of the molecule is C[C@@H](O)[C@H]1C(=O)N2C(C(=O)OCc3ccc([N+](=O)[O-])cc3)=C(SC3CN(C4=NCc5ccc(CN=C(NC(=O)OCc6ccc([N+](=O)[O-])cc6)NC(=O)OCc6ccc([N+](=O)[O-])cc6)cc5N4)C3)[C@H](C)[C@H]12. The summed E-state index contributed by atoms with van der Waals surface area (Å²) in [4.78, 5) is 97.5. The first kappa shape index (κ1) is 49.0. The fourth-order valence-electron chi connectivity index (χ4n) is 8.21. The number of anilines is 1. The van der Waals surface area contributed by atoms with E-state index in [2.05, 4.69) is 20.9 Å². The highest BCUT2D eigenvalue weighted by molar-refractivity contribution is 8.03. The van der Waals surface area contributed by atoms with Crippen molar-refractivity contribution in [1.29, 1.82) is 0 Å². The number of β-lactam (4-membered cyclic amide) rings is 1. The lowest BCUT2D eigenvalue weighted by molar-refractivity contribution is -0.385. The number of carbonyl (C=O) groups excluding carboxylic acids is 4. The van der Waals surface area contributed by atoms with Gasteiger partial charge in [0, 0.05) is 71.2 Å². The number of amides is 3. The smallest absolute Gasteiger partial charge is 0.414 e. The third-order valence-electron chi connectivity index (χ3n) is 12.0. The van der Waals surface area contributed by atoms with Gasteiger partial charge in [-0.15, -0.1) is 11.8 Å². The Bertz CT molecular complexity index is 2790. The zero-order chi connectivity index (χ0) is 50.5. The number of fused-ring (bicyclic) bond motifs is 2. The van der Waals surface area contributed by atoms with Crippen LogP contribution in [0.5, 0.6) is 0 Å². The van der Waals surface area contributed by atoms with Gasteiger partial charge in [0.1, 0.15) is 25.5 Å². The van der Waals surface area contributed by atoms with Crippen LogP contribution in [0.4, 0.5) is 32.3 Å². The second kappa shape index (κ2) is 21.0. The number of carbonyl (C=O) groups is 4. The van der Waals surface area contributed by atoms with E-state index in [-0.39, 0.29) is 72.2 Å². The maximum atomic E-state index is 13.7. The van der Waals surface area contributed by atoms with Crippen LogP contribution in [0.25, 0.3) is 0 Å². The first-order valence-electron chi connectivity index (χ1n) is 21.9. The van der Waals surface area contributed by atoms with E-state index in [0.29, 0.717) is 52.8 Å². The zero-order valence-corrected chi connectivity index (χ0v) is 38.6. The number of benzene rings is 4. The first-order chi connectivity index (χ1) is 34.0. The summed E-state index contributed by atoms with van der Waals surface area (Å²) in [5.74, 6) is -1.73. The van der Waals surface area contributed by atoms with Gasteiger partial charge in [-0.2, -0.15) is 0 Å². The normalized spacial score (nSPS) is 18.3. The molecule has 2 saturated heterocycles. The molecule has 0 aliphatic carbocycles. The van der Waals surface area contributed by atoms with Gasteiger partial charge < -0.3 is 34.4 Å². The van der Waals surface area contributed by atoms with E-state index in [1.165, 1.54) is 89.5 Å². The van der Waals surface area contributed by atoms with E-state index in [4.69, 9.17) is 19.2 Å². The Kier molecular flexibility index (Phi) is 14.5. The molecule has 2 fully saturated rings. The van der Waals surface area contributed by atoms with Crippen molar-refractivity contribution in [3.05, 3.63) is 160 Å². The van der Waals surface area contributed by atoms with E-state index in [0.717, 1.165) is 11.3 Å². The number of nitrogens with zero attached hydrogens (tertiary/aromatic N) is 7. The number of nitro groups is 3. The van der Waals surface area contributed by atoms with Gasteiger partial charge in [0.2, 0.25) is 11.9 Å². The number of aliphatic imine (C=N–C) groups is 2. The van der Waals surface area contributed by atoms with Crippen molar-refractivity contribution in [1.82, 2.24) is 20.4 Å². The van der Waals surface area contributed by atoms with E-state index in [9.17, 15) is 54.6 Å². The van der Waals surface area contributed by atoms with Crippen LogP contribution in [-0.4, -0.2) is 96.1 Å². The third kappa shape index (κ3) is 11.2. The molecule has 0 saturated carbocycles. The summed E-state index contributed by atoms with van der Waals surface area (Å²) in [6.07, 6.45) is -2.94. The fourth-order valence-corrected chi connectivity index (χ4v) is 9.73. The maximum Gasteiger partial charge on any atom is 0.414 e. The fraction of sp³-hybridized carbons (Fsp3) is 0.304. The van der Waals surface area contributed by atoms with Gasteiger partial charge in [-0.25, -0.2) is 24.4 Å². The summed E-state index contributed by atoms with van der Waals surface area (Å²) >= 11 is 1.48. The van der Waals surface area contributed by atoms with E-state index in [1.54, 1.807) is 13.0 Å². The molecule has 8 rings (SSSR count). The molecule has 0 spiro atoms. The van der Waals surface area contributed by atoms with Gasteiger partial charge in [0.05, 0.1) is 45.9 Å². The summed E-state index contributed by atoms with van der Waals surface area (Å²) in [5.41, 5.74) is 3.49. The summed E-state index contributed by atoms with van der Waals surface area (Å²) in [6, 6.07) is 21.5. The molecule has 3 amide bonds. The highest BCUT2D eigenvalue weighted by Crippen LogP contribution is 2.52. The molecule has 4 atom stereocenters. The molecule has 4 aliphatic rings. The predicted octanol–water partition coefficient (Wildman–Crippen LogP) is 5.63. The van der Waals surface area contributed by atoms with Gasteiger partial charge in [-0.3, -0.25) is 45.8 Å². The maximum absolute atomic E-state index is 13.7. The molecule has 0 bridgehead atoms. The third-order valence-corrected chi connectivity index (χ3v) is 13.4. The van der Waals surface area contributed by atoms with Crippen LogP contribution >= 0.6 is 11.8 Å². The van der Waals surface area contributed by atoms with E-state index in [1.807, 2.05) is 24.0 Å². The Hall–Kier alpha value is -8.45. The molecule has 4 aromatic carbocycles.